The minimum atomic E-state index is -0.682. The van der Waals surface area contributed by atoms with Crippen molar-refractivity contribution in [3.05, 3.63) is 65.4 Å². The predicted molar refractivity (Wildman–Crippen MR) is 93.1 cm³/mol. The number of nitrogens with one attached hydrogen (secondary N) is 1. The van der Waals surface area contributed by atoms with Gasteiger partial charge in [-0.05, 0) is 37.3 Å². The maximum absolute atomic E-state index is 12.1. The zero-order valence-electron chi connectivity index (χ0n) is 13.5. The lowest BCUT2D eigenvalue weighted by molar-refractivity contribution is -0.127. The fourth-order valence-electron chi connectivity index (χ4n) is 2.13. The Morgan fingerprint density at radius 1 is 1.24 bits per heavy atom. The summed E-state index contributed by atoms with van der Waals surface area (Å²) >= 11 is 5.89. The molecule has 1 unspecified atom stereocenters. The number of carbonyl (C=O) groups is 1. The summed E-state index contributed by atoms with van der Waals surface area (Å²) in [6, 6.07) is 16.3. The Labute approximate surface area is 149 Å². The van der Waals surface area contributed by atoms with E-state index in [-0.39, 0.29) is 12.5 Å². The van der Waals surface area contributed by atoms with E-state index in [0.717, 1.165) is 5.56 Å². The monoisotopic (exact) mass is 357 g/mol. The van der Waals surface area contributed by atoms with E-state index < -0.39 is 6.10 Å². The standard InChI is InChI=1S/C18H16ClN3O3/c1-12(24-15-9-5-8-14(19)10-15)17(23)20-11-16-21-18(25-22-16)13-6-3-2-4-7-13/h2-10,12H,11H2,1H3,(H,20,23). The number of benzene rings is 2. The van der Waals surface area contributed by atoms with E-state index >= 15 is 0 Å². The fourth-order valence-corrected chi connectivity index (χ4v) is 2.31. The second kappa shape index (κ2) is 7.81. The Hall–Kier alpha value is -2.86. The van der Waals surface area contributed by atoms with Crippen LogP contribution in [0, 0.1) is 0 Å². The zero-order valence-corrected chi connectivity index (χ0v) is 14.2. The first-order valence-corrected chi connectivity index (χ1v) is 8.07. The van der Waals surface area contributed by atoms with E-state index in [1.165, 1.54) is 0 Å². The molecule has 3 aromatic rings. The van der Waals surface area contributed by atoms with Crippen LogP contribution in [0.3, 0.4) is 0 Å². The molecule has 1 N–H and O–H groups in total. The van der Waals surface area contributed by atoms with E-state index in [2.05, 4.69) is 15.5 Å². The van der Waals surface area contributed by atoms with E-state index in [0.29, 0.717) is 22.5 Å². The van der Waals surface area contributed by atoms with Gasteiger partial charge in [0.05, 0.1) is 6.54 Å². The molecule has 0 aliphatic carbocycles. The van der Waals surface area contributed by atoms with Crippen LogP contribution < -0.4 is 10.1 Å². The summed E-state index contributed by atoms with van der Waals surface area (Å²) in [7, 11) is 0. The highest BCUT2D eigenvalue weighted by Gasteiger charge is 2.16. The van der Waals surface area contributed by atoms with Crippen molar-refractivity contribution < 1.29 is 14.1 Å². The molecule has 1 heterocycles. The molecule has 0 saturated carbocycles. The first-order valence-electron chi connectivity index (χ1n) is 7.70. The summed E-state index contributed by atoms with van der Waals surface area (Å²) in [6.45, 7) is 1.81. The van der Waals surface area contributed by atoms with Crippen molar-refractivity contribution in [3.63, 3.8) is 0 Å². The van der Waals surface area contributed by atoms with Gasteiger partial charge >= 0.3 is 0 Å². The average Bonchev–Trinajstić information content (AvgIpc) is 3.09. The van der Waals surface area contributed by atoms with Crippen LogP contribution in [-0.2, 0) is 11.3 Å². The first-order chi connectivity index (χ1) is 12.1. The molecular formula is C18H16ClN3O3. The predicted octanol–water partition coefficient (Wildman–Crippen LogP) is 3.47. The number of amides is 1. The molecule has 0 saturated heterocycles. The maximum Gasteiger partial charge on any atom is 0.261 e. The highest BCUT2D eigenvalue weighted by molar-refractivity contribution is 6.30. The van der Waals surface area contributed by atoms with Gasteiger partial charge in [0.1, 0.15) is 5.75 Å². The molecule has 0 spiro atoms. The number of ether oxygens (including phenoxy) is 1. The molecule has 6 nitrogen and oxygen atoms in total. The molecule has 2 aromatic carbocycles. The molecule has 1 amide bonds. The molecule has 25 heavy (non-hydrogen) atoms. The number of hydrogen-bond donors (Lipinski definition) is 1. The molecule has 1 aromatic heterocycles. The second-order valence-corrected chi connectivity index (χ2v) is 5.75. The fraction of sp³-hybridized carbons (Fsp3) is 0.167. The number of nitrogens with zero attached hydrogens (tertiary/aromatic N) is 2. The summed E-state index contributed by atoms with van der Waals surface area (Å²) in [6.07, 6.45) is -0.682. The van der Waals surface area contributed by atoms with Crippen molar-refractivity contribution in [1.29, 1.82) is 0 Å². The molecule has 128 valence electrons. The van der Waals surface area contributed by atoms with Crippen molar-refractivity contribution in [2.24, 2.45) is 0 Å². The van der Waals surface area contributed by atoms with Gasteiger partial charge in [0.25, 0.3) is 11.8 Å². The lowest BCUT2D eigenvalue weighted by Crippen LogP contribution is -2.36. The van der Waals surface area contributed by atoms with Gasteiger partial charge in [0.15, 0.2) is 11.9 Å². The lowest BCUT2D eigenvalue weighted by atomic mass is 10.2. The molecule has 1 atom stereocenters. The summed E-state index contributed by atoms with van der Waals surface area (Å²) in [5.41, 5.74) is 0.824. The van der Waals surface area contributed by atoms with Crippen molar-refractivity contribution in [3.8, 4) is 17.2 Å². The Kier molecular flexibility index (Phi) is 5.30. The van der Waals surface area contributed by atoms with Gasteiger partial charge in [0.2, 0.25) is 0 Å². The Balaban J connectivity index is 1.54. The van der Waals surface area contributed by atoms with Gasteiger partial charge in [-0.25, -0.2) is 0 Å². The Morgan fingerprint density at radius 2 is 2.04 bits per heavy atom. The van der Waals surface area contributed by atoms with Crippen molar-refractivity contribution in [2.75, 3.05) is 0 Å². The van der Waals surface area contributed by atoms with Crippen molar-refractivity contribution >= 4 is 17.5 Å². The third-order valence-electron chi connectivity index (χ3n) is 3.39. The molecule has 0 radical (unpaired) electrons. The molecule has 7 heteroatoms. The van der Waals surface area contributed by atoms with Gasteiger partial charge in [-0.3, -0.25) is 4.79 Å². The van der Waals surface area contributed by atoms with Crippen LogP contribution in [0.2, 0.25) is 5.02 Å². The molecule has 0 aliphatic heterocycles. The van der Waals surface area contributed by atoms with E-state index in [4.69, 9.17) is 20.9 Å². The van der Waals surface area contributed by atoms with Crippen molar-refractivity contribution in [2.45, 2.75) is 19.6 Å². The summed E-state index contributed by atoms with van der Waals surface area (Å²) in [5.74, 6) is 1.04. The maximum atomic E-state index is 12.1. The third kappa shape index (κ3) is 4.58. The molecule has 3 rings (SSSR count). The lowest BCUT2D eigenvalue weighted by Gasteiger charge is -2.14. The van der Waals surface area contributed by atoms with Crippen LogP contribution in [0.1, 0.15) is 12.7 Å². The highest BCUT2D eigenvalue weighted by atomic mass is 35.5. The summed E-state index contributed by atoms with van der Waals surface area (Å²) < 4.78 is 10.8. The van der Waals surface area contributed by atoms with Gasteiger partial charge in [-0.15, -0.1) is 0 Å². The van der Waals surface area contributed by atoms with Gasteiger partial charge in [0, 0.05) is 10.6 Å². The van der Waals surface area contributed by atoms with Crippen LogP contribution in [-0.4, -0.2) is 22.2 Å². The SMILES string of the molecule is CC(Oc1cccc(Cl)c1)C(=O)NCc1noc(-c2ccccc2)n1. The van der Waals surface area contributed by atoms with Crippen LogP contribution in [0.25, 0.3) is 11.5 Å². The van der Waals surface area contributed by atoms with Crippen LogP contribution in [0.4, 0.5) is 0 Å². The smallest absolute Gasteiger partial charge is 0.261 e. The summed E-state index contributed by atoms with van der Waals surface area (Å²) in [4.78, 5) is 16.4. The Bertz CT molecular complexity index is 852. The first kappa shape index (κ1) is 17.0. The highest BCUT2D eigenvalue weighted by Crippen LogP contribution is 2.18. The topological polar surface area (TPSA) is 77.2 Å². The van der Waals surface area contributed by atoms with Crippen LogP contribution >= 0.6 is 11.6 Å². The number of carbonyl (C=O) groups excluding carboxylic acids is 1. The molecule has 0 bridgehead atoms. The number of halogens is 1. The second-order valence-electron chi connectivity index (χ2n) is 5.32. The zero-order chi connectivity index (χ0) is 17.6. The van der Waals surface area contributed by atoms with Gasteiger partial charge in [-0.2, -0.15) is 4.98 Å². The van der Waals surface area contributed by atoms with Gasteiger partial charge < -0.3 is 14.6 Å². The minimum Gasteiger partial charge on any atom is -0.481 e. The van der Waals surface area contributed by atoms with Crippen molar-refractivity contribution in [1.82, 2.24) is 15.5 Å². The van der Waals surface area contributed by atoms with Crippen LogP contribution in [0.15, 0.2) is 59.1 Å². The van der Waals surface area contributed by atoms with Gasteiger partial charge in [-0.1, -0.05) is 41.0 Å². The largest absolute Gasteiger partial charge is 0.481 e. The normalized spacial score (nSPS) is 11.8. The van der Waals surface area contributed by atoms with E-state index in [9.17, 15) is 4.79 Å². The molecular weight excluding hydrogens is 342 g/mol. The average molecular weight is 358 g/mol. The molecule has 0 fully saturated rings. The summed E-state index contributed by atoms with van der Waals surface area (Å²) in [5, 5.41) is 7.12. The molecule has 0 aliphatic rings. The third-order valence-corrected chi connectivity index (χ3v) is 3.62. The Morgan fingerprint density at radius 3 is 2.80 bits per heavy atom. The number of aromatic nitrogens is 2. The van der Waals surface area contributed by atoms with Crippen LogP contribution in [0.5, 0.6) is 5.75 Å². The van der Waals surface area contributed by atoms with E-state index in [1.807, 2.05) is 30.3 Å². The number of rotatable bonds is 6. The number of hydrogen-bond acceptors (Lipinski definition) is 5. The van der Waals surface area contributed by atoms with E-state index in [1.54, 1.807) is 31.2 Å². The quantitative estimate of drug-likeness (QED) is 0.730. The minimum absolute atomic E-state index is 0.151.